The lowest BCUT2D eigenvalue weighted by atomic mass is 9.71. The molecule has 1 fully saturated rings. The second-order valence-corrected chi connectivity index (χ2v) is 4.04. The van der Waals surface area contributed by atoms with Gasteiger partial charge < -0.3 is 10.8 Å². The van der Waals surface area contributed by atoms with E-state index in [0.29, 0.717) is 6.54 Å². The normalized spacial score (nSPS) is 21.3. The summed E-state index contributed by atoms with van der Waals surface area (Å²) in [5.74, 6) is -0.611. The van der Waals surface area contributed by atoms with Crippen molar-refractivity contribution in [1.29, 1.82) is 0 Å². The first-order chi connectivity index (χ1) is 6.21. The van der Waals surface area contributed by atoms with Gasteiger partial charge in [-0.1, -0.05) is 19.3 Å². The Balaban J connectivity index is 2.56. The molecule has 0 aliphatic heterocycles. The molecular formula is C10H19NO2. The van der Waals surface area contributed by atoms with Gasteiger partial charge in [-0.15, -0.1) is 0 Å². The largest absolute Gasteiger partial charge is 0.481 e. The number of nitrogens with two attached hydrogens (primary N) is 1. The van der Waals surface area contributed by atoms with E-state index in [1.807, 2.05) is 0 Å². The van der Waals surface area contributed by atoms with Crippen LogP contribution < -0.4 is 5.73 Å². The van der Waals surface area contributed by atoms with E-state index in [1.165, 1.54) is 6.42 Å². The first kappa shape index (κ1) is 10.5. The van der Waals surface area contributed by atoms with Crippen LogP contribution in [-0.2, 0) is 4.79 Å². The molecule has 0 aromatic heterocycles. The molecule has 3 heteroatoms. The van der Waals surface area contributed by atoms with Crippen LogP contribution in [0, 0.1) is 5.41 Å². The molecule has 0 aromatic rings. The van der Waals surface area contributed by atoms with Gasteiger partial charge in [-0.2, -0.15) is 0 Å². The zero-order valence-corrected chi connectivity index (χ0v) is 8.09. The third-order valence-corrected chi connectivity index (χ3v) is 3.12. The van der Waals surface area contributed by atoms with Crippen LogP contribution >= 0.6 is 0 Å². The Morgan fingerprint density at radius 3 is 2.38 bits per heavy atom. The van der Waals surface area contributed by atoms with E-state index in [2.05, 4.69) is 0 Å². The zero-order valence-electron chi connectivity index (χ0n) is 8.09. The fourth-order valence-electron chi connectivity index (χ4n) is 2.24. The van der Waals surface area contributed by atoms with Crippen LogP contribution in [-0.4, -0.2) is 17.6 Å². The van der Waals surface area contributed by atoms with Crippen LogP contribution in [0.1, 0.15) is 44.9 Å². The van der Waals surface area contributed by atoms with E-state index >= 15 is 0 Å². The summed E-state index contributed by atoms with van der Waals surface area (Å²) in [5, 5.41) is 9.17. The maximum Gasteiger partial charge on any atom is 0.309 e. The molecule has 1 aliphatic carbocycles. The molecule has 13 heavy (non-hydrogen) atoms. The van der Waals surface area contributed by atoms with Gasteiger partial charge >= 0.3 is 5.97 Å². The summed E-state index contributed by atoms with van der Waals surface area (Å²) in [7, 11) is 0. The fraction of sp³-hybridized carbons (Fsp3) is 0.900. The van der Waals surface area contributed by atoms with E-state index in [4.69, 9.17) is 5.73 Å². The predicted octanol–water partition coefficient (Wildman–Crippen LogP) is 1.76. The fourth-order valence-corrected chi connectivity index (χ4v) is 2.24. The minimum absolute atomic E-state index is 0.433. The Labute approximate surface area is 79.3 Å². The standard InChI is InChI=1S/C10H19NO2/c11-8-4-7-10(9(12)13)5-2-1-3-6-10/h1-8,11H2,(H,12,13). The Kier molecular flexibility index (Phi) is 3.72. The van der Waals surface area contributed by atoms with Gasteiger partial charge in [0.2, 0.25) is 0 Å². The summed E-state index contributed by atoms with van der Waals surface area (Å²) >= 11 is 0. The predicted molar refractivity (Wildman–Crippen MR) is 51.4 cm³/mol. The van der Waals surface area contributed by atoms with E-state index in [0.717, 1.165) is 38.5 Å². The van der Waals surface area contributed by atoms with Crippen molar-refractivity contribution in [3.63, 3.8) is 0 Å². The highest BCUT2D eigenvalue weighted by Gasteiger charge is 2.38. The van der Waals surface area contributed by atoms with Crippen LogP contribution in [0.15, 0.2) is 0 Å². The van der Waals surface area contributed by atoms with Crippen LogP contribution in [0.2, 0.25) is 0 Å². The van der Waals surface area contributed by atoms with Crippen LogP contribution in [0.5, 0.6) is 0 Å². The second kappa shape index (κ2) is 4.61. The molecule has 1 aliphatic rings. The average molecular weight is 185 g/mol. The van der Waals surface area contributed by atoms with E-state index in [1.54, 1.807) is 0 Å². The highest BCUT2D eigenvalue weighted by Crippen LogP contribution is 2.40. The number of carboxylic acid groups (broad SMARTS) is 1. The molecule has 76 valence electrons. The van der Waals surface area contributed by atoms with Gasteiger partial charge in [0.15, 0.2) is 0 Å². The van der Waals surface area contributed by atoms with Crippen LogP contribution in [0.4, 0.5) is 0 Å². The molecule has 0 saturated heterocycles. The van der Waals surface area contributed by atoms with Gasteiger partial charge in [-0.25, -0.2) is 0 Å². The van der Waals surface area contributed by atoms with E-state index in [-0.39, 0.29) is 0 Å². The molecule has 0 atom stereocenters. The lowest BCUT2D eigenvalue weighted by molar-refractivity contribution is -0.151. The van der Waals surface area contributed by atoms with Gasteiger partial charge in [-0.05, 0) is 32.2 Å². The number of carboxylic acids is 1. The number of aliphatic carboxylic acids is 1. The lowest BCUT2D eigenvalue weighted by Gasteiger charge is -2.33. The SMILES string of the molecule is NCCCC1(C(=O)O)CCCCC1. The number of hydrogen-bond donors (Lipinski definition) is 2. The van der Waals surface area contributed by atoms with Gasteiger partial charge in [-0.3, -0.25) is 4.79 Å². The van der Waals surface area contributed by atoms with Crippen LogP contribution in [0.25, 0.3) is 0 Å². The third-order valence-electron chi connectivity index (χ3n) is 3.12. The molecule has 0 amide bonds. The molecule has 0 radical (unpaired) electrons. The zero-order chi connectivity index (χ0) is 9.73. The molecule has 0 aromatic carbocycles. The second-order valence-electron chi connectivity index (χ2n) is 4.04. The first-order valence-electron chi connectivity index (χ1n) is 5.15. The number of carbonyl (C=O) groups is 1. The first-order valence-corrected chi connectivity index (χ1v) is 5.15. The third kappa shape index (κ3) is 2.44. The minimum Gasteiger partial charge on any atom is -0.481 e. The highest BCUT2D eigenvalue weighted by atomic mass is 16.4. The minimum atomic E-state index is -0.611. The van der Waals surface area contributed by atoms with Gasteiger partial charge in [0.1, 0.15) is 0 Å². The summed E-state index contributed by atoms with van der Waals surface area (Å²) < 4.78 is 0. The topological polar surface area (TPSA) is 63.3 Å². The monoisotopic (exact) mass is 185 g/mol. The van der Waals surface area contributed by atoms with Gasteiger partial charge in [0.25, 0.3) is 0 Å². The summed E-state index contributed by atoms with van der Waals surface area (Å²) in [6, 6.07) is 0. The smallest absolute Gasteiger partial charge is 0.309 e. The maximum atomic E-state index is 11.1. The maximum absolute atomic E-state index is 11.1. The average Bonchev–Trinajstić information content (AvgIpc) is 2.16. The Morgan fingerprint density at radius 1 is 1.31 bits per heavy atom. The summed E-state index contributed by atoms with van der Waals surface area (Å²) in [6.07, 6.45) is 6.63. The number of hydrogen-bond acceptors (Lipinski definition) is 2. The van der Waals surface area contributed by atoms with Crippen molar-refractivity contribution < 1.29 is 9.90 Å². The molecule has 3 N–H and O–H groups in total. The lowest BCUT2D eigenvalue weighted by Crippen LogP contribution is -2.33. The summed E-state index contributed by atoms with van der Waals surface area (Å²) in [6.45, 7) is 0.606. The van der Waals surface area contributed by atoms with Crippen molar-refractivity contribution >= 4 is 5.97 Å². The summed E-state index contributed by atoms with van der Waals surface area (Å²) in [4.78, 5) is 11.1. The molecule has 1 saturated carbocycles. The van der Waals surface area contributed by atoms with Crippen molar-refractivity contribution in [3.8, 4) is 0 Å². The molecule has 0 heterocycles. The molecular weight excluding hydrogens is 166 g/mol. The molecule has 1 rings (SSSR count). The van der Waals surface area contributed by atoms with E-state index in [9.17, 15) is 9.90 Å². The Bertz CT molecular complexity index is 174. The van der Waals surface area contributed by atoms with Crippen LogP contribution in [0.3, 0.4) is 0 Å². The highest BCUT2D eigenvalue weighted by molar-refractivity contribution is 5.74. The quantitative estimate of drug-likeness (QED) is 0.701. The molecule has 0 bridgehead atoms. The van der Waals surface area contributed by atoms with Crippen molar-refractivity contribution in [1.82, 2.24) is 0 Å². The van der Waals surface area contributed by atoms with Crippen molar-refractivity contribution in [2.75, 3.05) is 6.54 Å². The number of rotatable bonds is 4. The summed E-state index contributed by atoms with van der Waals surface area (Å²) in [5.41, 5.74) is 4.98. The van der Waals surface area contributed by atoms with Gasteiger partial charge in [0.05, 0.1) is 5.41 Å². The van der Waals surface area contributed by atoms with Crippen molar-refractivity contribution in [2.24, 2.45) is 11.1 Å². The van der Waals surface area contributed by atoms with E-state index < -0.39 is 11.4 Å². The van der Waals surface area contributed by atoms with Crippen molar-refractivity contribution in [2.45, 2.75) is 44.9 Å². The van der Waals surface area contributed by atoms with Gasteiger partial charge in [0, 0.05) is 0 Å². The molecule has 0 unspecified atom stereocenters. The molecule has 3 nitrogen and oxygen atoms in total. The molecule has 0 spiro atoms. The van der Waals surface area contributed by atoms with Crippen molar-refractivity contribution in [3.05, 3.63) is 0 Å². The Morgan fingerprint density at radius 2 is 1.92 bits per heavy atom. The Hall–Kier alpha value is -0.570.